The lowest BCUT2D eigenvalue weighted by atomic mass is 9.69. The van der Waals surface area contributed by atoms with Gasteiger partial charge in [-0.2, -0.15) is 0 Å². The van der Waals surface area contributed by atoms with Crippen LogP contribution in [0, 0.1) is 11.3 Å². The van der Waals surface area contributed by atoms with Gasteiger partial charge in [-0.05, 0) is 30.6 Å². The van der Waals surface area contributed by atoms with Crippen molar-refractivity contribution in [1.82, 2.24) is 5.32 Å². The van der Waals surface area contributed by atoms with Crippen molar-refractivity contribution in [2.45, 2.75) is 64.5 Å². The first-order valence-electron chi connectivity index (χ1n) is 7.50. The highest BCUT2D eigenvalue weighted by Gasteiger charge is 2.41. The second-order valence-electron chi connectivity index (χ2n) is 7.30. The fraction of sp³-hybridized carbons (Fsp3) is 0.933. The number of nitrogens with two attached hydrogens (primary N) is 1. The summed E-state index contributed by atoms with van der Waals surface area (Å²) in [6.45, 7) is 7.74. The lowest BCUT2D eigenvalue weighted by molar-refractivity contribution is -0.128. The summed E-state index contributed by atoms with van der Waals surface area (Å²) in [6, 6.07) is 0.266. The molecule has 0 aromatic heterocycles. The molecule has 1 amide bonds. The van der Waals surface area contributed by atoms with E-state index in [9.17, 15) is 4.79 Å². The first-order chi connectivity index (χ1) is 8.83. The number of nitrogens with one attached hydrogen (secondary N) is 1. The Morgan fingerprint density at radius 1 is 1.32 bits per heavy atom. The molecule has 0 bridgehead atoms. The summed E-state index contributed by atoms with van der Waals surface area (Å²) < 4.78 is 5.28. The molecule has 4 nitrogen and oxygen atoms in total. The van der Waals surface area contributed by atoms with Gasteiger partial charge < -0.3 is 15.8 Å². The topological polar surface area (TPSA) is 64.4 Å². The van der Waals surface area contributed by atoms with Crippen molar-refractivity contribution in [2.24, 2.45) is 17.1 Å². The number of ether oxygens (including phenoxy) is 1. The molecule has 4 heteroatoms. The Balaban J connectivity index is 2.01. The van der Waals surface area contributed by atoms with E-state index < -0.39 is 5.54 Å². The standard InChI is InChI=1S/C15H28N2O2/c1-14(2,3)11-6-4-5-7-12(11)17-13(18)15(16)8-9-19-10-15/h11-12H,4-10,16H2,1-3H3,(H,17,18). The van der Waals surface area contributed by atoms with Gasteiger partial charge in [0, 0.05) is 12.6 Å². The maximum atomic E-state index is 12.4. The van der Waals surface area contributed by atoms with E-state index in [-0.39, 0.29) is 17.4 Å². The Labute approximate surface area is 116 Å². The van der Waals surface area contributed by atoms with Gasteiger partial charge in [0.2, 0.25) is 5.91 Å². The molecule has 0 radical (unpaired) electrons. The molecule has 0 aromatic rings. The Morgan fingerprint density at radius 2 is 2.00 bits per heavy atom. The molecule has 1 heterocycles. The Hall–Kier alpha value is -0.610. The van der Waals surface area contributed by atoms with Crippen molar-refractivity contribution in [3.05, 3.63) is 0 Å². The quantitative estimate of drug-likeness (QED) is 0.803. The number of carbonyl (C=O) groups excluding carboxylic acids is 1. The molecule has 1 saturated carbocycles. The van der Waals surface area contributed by atoms with Crippen molar-refractivity contribution >= 4 is 5.91 Å². The van der Waals surface area contributed by atoms with Gasteiger partial charge in [-0.1, -0.05) is 33.6 Å². The maximum absolute atomic E-state index is 12.4. The van der Waals surface area contributed by atoms with Crippen molar-refractivity contribution in [2.75, 3.05) is 13.2 Å². The largest absolute Gasteiger partial charge is 0.379 e. The van der Waals surface area contributed by atoms with E-state index in [1.807, 2.05) is 0 Å². The van der Waals surface area contributed by atoms with Crippen LogP contribution in [0.1, 0.15) is 52.9 Å². The van der Waals surface area contributed by atoms with Gasteiger partial charge in [-0.3, -0.25) is 4.79 Å². The highest BCUT2D eigenvalue weighted by molar-refractivity contribution is 5.86. The second kappa shape index (κ2) is 5.41. The average molecular weight is 268 g/mol. The van der Waals surface area contributed by atoms with E-state index in [0.29, 0.717) is 25.6 Å². The van der Waals surface area contributed by atoms with Crippen LogP contribution in [0.25, 0.3) is 0 Å². The van der Waals surface area contributed by atoms with Gasteiger partial charge in [0.05, 0.1) is 6.61 Å². The molecule has 2 aliphatic rings. The lowest BCUT2D eigenvalue weighted by Crippen LogP contribution is -2.59. The maximum Gasteiger partial charge on any atom is 0.242 e. The summed E-state index contributed by atoms with van der Waals surface area (Å²) in [7, 11) is 0. The molecular formula is C15H28N2O2. The van der Waals surface area contributed by atoms with E-state index in [0.717, 1.165) is 6.42 Å². The molecule has 3 N–H and O–H groups in total. The summed E-state index contributed by atoms with van der Waals surface area (Å²) in [5, 5.41) is 3.21. The third-order valence-corrected chi connectivity index (χ3v) is 4.70. The smallest absolute Gasteiger partial charge is 0.242 e. The van der Waals surface area contributed by atoms with Crippen molar-refractivity contribution < 1.29 is 9.53 Å². The molecule has 2 rings (SSSR count). The summed E-state index contributed by atoms with van der Waals surface area (Å²) >= 11 is 0. The minimum absolute atomic E-state index is 0.0221. The minimum atomic E-state index is -0.806. The van der Waals surface area contributed by atoms with E-state index in [2.05, 4.69) is 26.1 Å². The van der Waals surface area contributed by atoms with Crippen LogP contribution >= 0.6 is 0 Å². The molecule has 1 aliphatic carbocycles. The van der Waals surface area contributed by atoms with Crippen LogP contribution in [0.5, 0.6) is 0 Å². The predicted molar refractivity (Wildman–Crippen MR) is 75.7 cm³/mol. The van der Waals surface area contributed by atoms with Crippen molar-refractivity contribution in [3.63, 3.8) is 0 Å². The van der Waals surface area contributed by atoms with Gasteiger partial charge >= 0.3 is 0 Å². The third kappa shape index (κ3) is 3.29. The van der Waals surface area contributed by atoms with Crippen LogP contribution in [0.15, 0.2) is 0 Å². The molecule has 3 atom stereocenters. The summed E-state index contributed by atoms with van der Waals surface area (Å²) in [5.41, 5.74) is 5.56. The molecule has 2 fully saturated rings. The fourth-order valence-electron chi connectivity index (χ4n) is 3.41. The minimum Gasteiger partial charge on any atom is -0.379 e. The average Bonchev–Trinajstić information content (AvgIpc) is 2.77. The van der Waals surface area contributed by atoms with Crippen LogP contribution in [-0.2, 0) is 9.53 Å². The van der Waals surface area contributed by atoms with Gasteiger partial charge in [-0.25, -0.2) is 0 Å². The summed E-state index contributed by atoms with van der Waals surface area (Å²) in [5.74, 6) is 0.516. The highest BCUT2D eigenvalue weighted by Crippen LogP contribution is 2.38. The third-order valence-electron chi connectivity index (χ3n) is 4.70. The Morgan fingerprint density at radius 3 is 2.58 bits per heavy atom. The zero-order valence-corrected chi connectivity index (χ0v) is 12.5. The molecule has 0 spiro atoms. The van der Waals surface area contributed by atoms with E-state index in [1.165, 1.54) is 19.3 Å². The lowest BCUT2D eigenvalue weighted by Gasteiger charge is -2.41. The van der Waals surface area contributed by atoms with Gasteiger partial charge in [0.15, 0.2) is 0 Å². The zero-order valence-electron chi connectivity index (χ0n) is 12.5. The van der Waals surface area contributed by atoms with Crippen LogP contribution in [0.2, 0.25) is 0 Å². The predicted octanol–water partition coefficient (Wildman–Crippen LogP) is 1.83. The van der Waals surface area contributed by atoms with Gasteiger partial charge in [-0.15, -0.1) is 0 Å². The van der Waals surface area contributed by atoms with E-state index in [4.69, 9.17) is 10.5 Å². The number of rotatable bonds is 2. The Bertz CT molecular complexity index is 330. The molecule has 3 unspecified atom stereocenters. The molecule has 110 valence electrons. The fourth-order valence-corrected chi connectivity index (χ4v) is 3.41. The monoisotopic (exact) mass is 268 g/mol. The first-order valence-corrected chi connectivity index (χ1v) is 7.50. The molecule has 1 aliphatic heterocycles. The van der Waals surface area contributed by atoms with Crippen molar-refractivity contribution in [3.8, 4) is 0 Å². The van der Waals surface area contributed by atoms with E-state index >= 15 is 0 Å². The number of carbonyl (C=O) groups is 1. The summed E-state index contributed by atoms with van der Waals surface area (Å²) in [4.78, 5) is 12.4. The van der Waals surface area contributed by atoms with Crippen LogP contribution in [0.4, 0.5) is 0 Å². The SMILES string of the molecule is CC(C)(C)C1CCCCC1NC(=O)C1(N)CCOC1. The molecule has 1 saturated heterocycles. The zero-order chi connectivity index (χ0) is 14.1. The van der Waals surface area contributed by atoms with Gasteiger partial charge in [0.1, 0.15) is 5.54 Å². The molecule has 19 heavy (non-hydrogen) atoms. The van der Waals surface area contributed by atoms with Crippen LogP contribution in [-0.4, -0.2) is 30.7 Å². The van der Waals surface area contributed by atoms with Gasteiger partial charge in [0.25, 0.3) is 0 Å². The van der Waals surface area contributed by atoms with Crippen molar-refractivity contribution in [1.29, 1.82) is 0 Å². The number of hydrogen-bond donors (Lipinski definition) is 2. The Kier molecular flexibility index (Phi) is 4.21. The normalized spacial score (nSPS) is 36.2. The van der Waals surface area contributed by atoms with Crippen LogP contribution in [0.3, 0.4) is 0 Å². The molecular weight excluding hydrogens is 240 g/mol. The van der Waals surface area contributed by atoms with Crippen LogP contribution < -0.4 is 11.1 Å². The number of amides is 1. The second-order valence-corrected chi connectivity index (χ2v) is 7.30. The first kappa shape index (κ1) is 14.8. The van der Waals surface area contributed by atoms with E-state index in [1.54, 1.807) is 0 Å². The number of hydrogen-bond acceptors (Lipinski definition) is 3. The highest BCUT2D eigenvalue weighted by atomic mass is 16.5. The molecule has 0 aromatic carbocycles. The summed E-state index contributed by atoms with van der Waals surface area (Å²) in [6.07, 6.45) is 5.37.